The van der Waals surface area contributed by atoms with E-state index in [1.807, 2.05) is 48.8 Å². The first kappa shape index (κ1) is 26.2. The van der Waals surface area contributed by atoms with E-state index in [4.69, 9.17) is 14.0 Å². The van der Waals surface area contributed by atoms with Crippen molar-refractivity contribution in [1.29, 1.82) is 0 Å². The van der Waals surface area contributed by atoms with Crippen molar-refractivity contribution in [3.8, 4) is 22.6 Å². The molecule has 0 aliphatic carbocycles. The number of thiazole rings is 1. The lowest BCUT2D eigenvalue weighted by atomic mass is 9.94. The normalized spacial score (nSPS) is 11.1. The smallest absolute Gasteiger partial charge is 0.440 e. The van der Waals surface area contributed by atoms with Crippen LogP contribution in [0.3, 0.4) is 0 Å². The maximum absolute atomic E-state index is 11.6. The van der Waals surface area contributed by atoms with E-state index in [9.17, 15) is 9.59 Å². The van der Waals surface area contributed by atoms with Gasteiger partial charge in [0.05, 0.1) is 24.4 Å². The molecule has 0 aliphatic rings. The highest BCUT2D eigenvalue weighted by Gasteiger charge is 2.11. The molecule has 0 atom stereocenters. The summed E-state index contributed by atoms with van der Waals surface area (Å²) in [7, 11) is 0. The zero-order chi connectivity index (χ0) is 27.4. The summed E-state index contributed by atoms with van der Waals surface area (Å²) >= 11 is 1.67. The van der Waals surface area contributed by atoms with Crippen LogP contribution < -0.4 is 20.9 Å². The van der Waals surface area contributed by atoms with E-state index in [0.29, 0.717) is 19.0 Å². The van der Waals surface area contributed by atoms with Gasteiger partial charge in [0.2, 0.25) is 0 Å². The molecule has 1 N–H and O–H groups in total. The molecule has 0 saturated carbocycles. The summed E-state index contributed by atoms with van der Waals surface area (Å²) < 4.78 is 17.9. The molecule has 0 fully saturated rings. The minimum Gasteiger partial charge on any atom is -0.493 e. The highest BCUT2D eigenvalue weighted by Crippen LogP contribution is 2.32. The standard InChI is InChI=1S/C30H29N3O5S/c1-19-13-26(36-12-11-27-21(3)31-18-39-27)14-20(2)28(19)24-6-4-5-23(15-24)17-37-25-9-7-22(8-10-25)16-33-29(34)32-30(35)38-33/h4-10,13-15,18H,11-12,16-17H2,1-3H3,(H,32,34,35). The van der Waals surface area contributed by atoms with Gasteiger partial charge in [-0.05, 0) is 84.5 Å². The summed E-state index contributed by atoms with van der Waals surface area (Å²) in [6.07, 6.45) is 0.853. The predicted molar refractivity (Wildman–Crippen MR) is 151 cm³/mol. The Morgan fingerprint density at radius 3 is 2.36 bits per heavy atom. The fourth-order valence-corrected chi connectivity index (χ4v) is 5.31. The fourth-order valence-electron chi connectivity index (χ4n) is 4.55. The summed E-state index contributed by atoms with van der Waals surface area (Å²) in [6, 6.07) is 19.9. The van der Waals surface area contributed by atoms with Crippen molar-refractivity contribution in [3.63, 3.8) is 0 Å². The van der Waals surface area contributed by atoms with Crippen LogP contribution in [0.15, 0.2) is 80.3 Å². The van der Waals surface area contributed by atoms with Gasteiger partial charge in [-0.3, -0.25) is 0 Å². The molecular formula is C30H29N3O5S. The molecule has 0 radical (unpaired) electrons. The van der Waals surface area contributed by atoms with Crippen molar-refractivity contribution >= 4 is 11.3 Å². The van der Waals surface area contributed by atoms with Crippen molar-refractivity contribution in [2.24, 2.45) is 0 Å². The number of hydrogen-bond donors (Lipinski definition) is 1. The Morgan fingerprint density at radius 1 is 0.923 bits per heavy atom. The van der Waals surface area contributed by atoms with Gasteiger partial charge in [-0.25, -0.2) is 19.6 Å². The van der Waals surface area contributed by atoms with Crippen LogP contribution >= 0.6 is 11.3 Å². The number of nitrogens with zero attached hydrogens (tertiary/aromatic N) is 2. The Kier molecular flexibility index (Phi) is 7.79. The Bertz CT molecular complexity index is 1670. The molecule has 3 aromatic carbocycles. The summed E-state index contributed by atoms with van der Waals surface area (Å²) in [5.41, 5.74) is 8.88. The summed E-state index contributed by atoms with van der Waals surface area (Å²) in [5.74, 6) is 0.812. The second-order valence-electron chi connectivity index (χ2n) is 9.37. The van der Waals surface area contributed by atoms with E-state index in [0.717, 1.165) is 50.4 Å². The minimum absolute atomic E-state index is 0.161. The molecular weight excluding hydrogens is 514 g/mol. The van der Waals surface area contributed by atoms with Crippen LogP contribution in [-0.4, -0.2) is 21.3 Å². The number of H-pyrrole nitrogens is 1. The van der Waals surface area contributed by atoms with Crippen molar-refractivity contribution in [3.05, 3.63) is 120 Å². The number of aromatic amines is 1. The number of aryl methyl sites for hydroxylation is 3. The van der Waals surface area contributed by atoms with E-state index in [1.54, 1.807) is 11.3 Å². The van der Waals surface area contributed by atoms with E-state index >= 15 is 0 Å². The molecule has 8 nitrogen and oxygen atoms in total. The molecule has 0 unspecified atom stereocenters. The van der Waals surface area contributed by atoms with Gasteiger partial charge < -0.3 is 14.0 Å². The Labute approximate surface area is 229 Å². The van der Waals surface area contributed by atoms with Crippen molar-refractivity contribution in [1.82, 2.24) is 14.7 Å². The molecule has 5 aromatic rings. The lowest BCUT2D eigenvalue weighted by Crippen LogP contribution is -2.17. The summed E-state index contributed by atoms with van der Waals surface area (Å²) in [6.45, 7) is 7.45. The average Bonchev–Trinajstić information content (AvgIpc) is 3.46. The van der Waals surface area contributed by atoms with Gasteiger partial charge in [-0.15, -0.1) is 16.1 Å². The van der Waals surface area contributed by atoms with Gasteiger partial charge in [0.1, 0.15) is 18.1 Å². The molecule has 0 bridgehead atoms. The third kappa shape index (κ3) is 6.38. The SMILES string of the molecule is Cc1cc(OCCc2scnc2C)cc(C)c1-c1cccc(COc2ccc(Cn3oc(=O)[nH]c3=O)cc2)c1. The number of aromatic nitrogens is 3. The molecule has 2 heterocycles. The third-order valence-electron chi connectivity index (χ3n) is 6.45. The molecule has 2 aromatic heterocycles. The molecule has 0 aliphatic heterocycles. The highest BCUT2D eigenvalue weighted by molar-refractivity contribution is 7.09. The van der Waals surface area contributed by atoms with E-state index in [-0.39, 0.29) is 6.54 Å². The van der Waals surface area contributed by atoms with E-state index < -0.39 is 11.4 Å². The second kappa shape index (κ2) is 11.6. The molecule has 0 saturated heterocycles. The maximum atomic E-state index is 11.6. The predicted octanol–water partition coefficient (Wildman–Crippen LogP) is 5.43. The van der Waals surface area contributed by atoms with Gasteiger partial charge in [-0.1, -0.05) is 30.3 Å². The monoisotopic (exact) mass is 543 g/mol. The minimum atomic E-state index is -0.769. The van der Waals surface area contributed by atoms with E-state index in [2.05, 4.69) is 48.1 Å². The summed E-state index contributed by atoms with van der Waals surface area (Å²) in [5, 5.41) is 0. The number of rotatable bonds is 10. The topological polar surface area (TPSA) is 99.3 Å². The van der Waals surface area contributed by atoms with Gasteiger partial charge in [-0.2, -0.15) is 0 Å². The van der Waals surface area contributed by atoms with Crippen LogP contribution in [0.2, 0.25) is 0 Å². The highest BCUT2D eigenvalue weighted by atomic mass is 32.1. The number of ether oxygens (including phenoxy) is 2. The third-order valence-corrected chi connectivity index (χ3v) is 7.44. The Hall–Kier alpha value is -4.37. The first-order valence-electron chi connectivity index (χ1n) is 12.6. The van der Waals surface area contributed by atoms with Gasteiger partial charge >= 0.3 is 11.4 Å². The molecule has 5 rings (SSSR count). The lowest BCUT2D eigenvalue weighted by Gasteiger charge is -2.15. The summed E-state index contributed by atoms with van der Waals surface area (Å²) in [4.78, 5) is 30.4. The van der Waals surface area contributed by atoms with Crippen molar-refractivity contribution in [2.45, 2.75) is 40.3 Å². The zero-order valence-corrected chi connectivity index (χ0v) is 22.8. The lowest BCUT2D eigenvalue weighted by molar-refractivity contribution is 0.258. The zero-order valence-electron chi connectivity index (χ0n) is 22.0. The molecule has 39 heavy (non-hydrogen) atoms. The van der Waals surface area contributed by atoms with Crippen LogP contribution in [0.1, 0.15) is 32.8 Å². The first-order valence-corrected chi connectivity index (χ1v) is 13.5. The van der Waals surface area contributed by atoms with Crippen molar-refractivity contribution in [2.75, 3.05) is 6.61 Å². The van der Waals surface area contributed by atoms with Crippen LogP contribution in [0.25, 0.3) is 11.1 Å². The van der Waals surface area contributed by atoms with Crippen LogP contribution in [0.4, 0.5) is 0 Å². The number of nitrogens with one attached hydrogen (secondary N) is 1. The van der Waals surface area contributed by atoms with Crippen LogP contribution in [0.5, 0.6) is 11.5 Å². The van der Waals surface area contributed by atoms with Gasteiger partial charge in [0, 0.05) is 11.3 Å². The van der Waals surface area contributed by atoms with Crippen LogP contribution in [-0.2, 0) is 19.6 Å². The molecule has 0 spiro atoms. The average molecular weight is 544 g/mol. The van der Waals surface area contributed by atoms with Gasteiger partial charge in [0.15, 0.2) is 0 Å². The van der Waals surface area contributed by atoms with Crippen molar-refractivity contribution < 1.29 is 14.0 Å². The quantitative estimate of drug-likeness (QED) is 0.252. The number of benzene rings is 3. The van der Waals surface area contributed by atoms with E-state index in [1.165, 1.54) is 10.4 Å². The Morgan fingerprint density at radius 2 is 1.69 bits per heavy atom. The second-order valence-corrected chi connectivity index (χ2v) is 10.3. The molecule has 200 valence electrons. The van der Waals surface area contributed by atoms with Gasteiger partial charge in [0.25, 0.3) is 0 Å². The Balaban J connectivity index is 1.22. The first-order chi connectivity index (χ1) is 18.9. The molecule has 9 heteroatoms. The van der Waals surface area contributed by atoms with Crippen LogP contribution in [0, 0.1) is 20.8 Å². The maximum Gasteiger partial charge on any atom is 0.440 e. The largest absolute Gasteiger partial charge is 0.493 e. The molecule has 0 amide bonds. The number of hydrogen-bond acceptors (Lipinski definition) is 7. The fraction of sp³-hybridized carbons (Fsp3) is 0.233.